The van der Waals surface area contributed by atoms with Crippen molar-refractivity contribution in [2.24, 2.45) is 0 Å². The van der Waals surface area contributed by atoms with Gasteiger partial charge in [-0.15, -0.1) is 12.6 Å². The third-order valence-electron chi connectivity index (χ3n) is 3.47. The van der Waals surface area contributed by atoms with Crippen LogP contribution in [-0.4, -0.2) is 6.29 Å². The minimum absolute atomic E-state index is 0.696. The highest BCUT2D eigenvalue weighted by atomic mass is 32.1. The third kappa shape index (κ3) is 3.06. The lowest BCUT2D eigenvalue weighted by Crippen LogP contribution is -1.82. The molecule has 0 saturated heterocycles. The number of aldehydes is 1. The van der Waals surface area contributed by atoms with E-state index < -0.39 is 0 Å². The van der Waals surface area contributed by atoms with E-state index in [0.717, 1.165) is 22.3 Å². The number of rotatable bonds is 3. The first-order chi connectivity index (χ1) is 10.3. The average Bonchev–Trinajstić information content (AvgIpc) is 2.56. The van der Waals surface area contributed by atoms with Gasteiger partial charge in [0.2, 0.25) is 0 Å². The van der Waals surface area contributed by atoms with Crippen molar-refractivity contribution >= 4 is 18.9 Å². The first-order valence-corrected chi connectivity index (χ1v) is 7.16. The van der Waals surface area contributed by atoms with Gasteiger partial charge in [-0.25, -0.2) is 0 Å². The van der Waals surface area contributed by atoms with Crippen LogP contribution in [0.3, 0.4) is 0 Å². The van der Waals surface area contributed by atoms with E-state index in [1.165, 1.54) is 11.1 Å². The molecule has 0 unspecified atom stereocenters. The Hall–Kier alpha value is -2.32. The Morgan fingerprint density at radius 3 is 1.29 bits per heavy atom. The van der Waals surface area contributed by atoms with Gasteiger partial charge < -0.3 is 0 Å². The van der Waals surface area contributed by atoms with E-state index in [9.17, 15) is 4.79 Å². The molecule has 0 aliphatic rings. The number of hydrogen-bond donors (Lipinski definition) is 1. The van der Waals surface area contributed by atoms with Gasteiger partial charge in [-0.2, -0.15) is 0 Å². The van der Waals surface area contributed by atoms with Gasteiger partial charge in [-0.05, 0) is 34.4 Å². The molecule has 0 bridgehead atoms. The molecule has 102 valence electrons. The highest BCUT2D eigenvalue weighted by molar-refractivity contribution is 7.80. The number of benzene rings is 3. The predicted molar refractivity (Wildman–Crippen MR) is 90.0 cm³/mol. The Bertz CT molecular complexity index is 741. The molecule has 3 rings (SSSR count). The van der Waals surface area contributed by atoms with E-state index in [2.05, 4.69) is 49.0 Å². The van der Waals surface area contributed by atoms with Crippen molar-refractivity contribution in [1.82, 2.24) is 0 Å². The molecule has 0 atom stereocenters. The Balaban J connectivity index is 1.89. The molecule has 0 spiro atoms. The molecule has 0 aliphatic heterocycles. The van der Waals surface area contributed by atoms with Crippen LogP contribution < -0.4 is 0 Å². The van der Waals surface area contributed by atoms with Crippen molar-refractivity contribution < 1.29 is 4.79 Å². The monoisotopic (exact) mass is 290 g/mol. The minimum atomic E-state index is 0.696. The maximum atomic E-state index is 10.7. The van der Waals surface area contributed by atoms with E-state index >= 15 is 0 Å². The standard InChI is InChI=1S/C19H14OS/c20-13-14-1-3-15(4-2-14)16-5-7-17(8-6-16)18-9-11-19(21)12-10-18/h1-13,21H. The van der Waals surface area contributed by atoms with Gasteiger partial charge >= 0.3 is 0 Å². The quantitative estimate of drug-likeness (QED) is 0.523. The summed E-state index contributed by atoms with van der Waals surface area (Å²) in [6, 6.07) is 24.1. The van der Waals surface area contributed by atoms with E-state index in [1.54, 1.807) is 0 Å². The van der Waals surface area contributed by atoms with Crippen molar-refractivity contribution in [2.45, 2.75) is 4.90 Å². The van der Waals surface area contributed by atoms with Crippen molar-refractivity contribution in [1.29, 1.82) is 0 Å². The molecule has 0 radical (unpaired) electrons. The molecule has 0 fully saturated rings. The summed E-state index contributed by atoms with van der Waals surface area (Å²) in [4.78, 5) is 11.6. The zero-order valence-electron chi connectivity index (χ0n) is 11.4. The summed E-state index contributed by atoms with van der Waals surface area (Å²) in [5, 5.41) is 0. The van der Waals surface area contributed by atoms with Gasteiger partial charge in [0.15, 0.2) is 0 Å². The summed E-state index contributed by atoms with van der Waals surface area (Å²) in [5.74, 6) is 0. The molecule has 0 aliphatic carbocycles. The fourth-order valence-electron chi connectivity index (χ4n) is 2.26. The molecule has 0 aromatic heterocycles. The fraction of sp³-hybridized carbons (Fsp3) is 0. The molecule has 0 saturated carbocycles. The lowest BCUT2D eigenvalue weighted by atomic mass is 10.00. The second kappa shape index (κ2) is 5.98. The molecule has 0 N–H and O–H groups in total. The van der Waals surface area contributed by atoms with Crippen LogP contribution in [0.1, 0.15) is 10.4 Å². The van der Waals surface area contributed by atoms with E-state index in [0.29, 0.717) is 5.56 Å². The summed E-state index contributed by atoms with van der Waals surface area (Å²) >= 11 is 4.30. The van der Waals surface area contributed by atoms with Gasteiger partial charge in [0, 0.05) is 10.5 Å². The van der Waals surface area contributed by atoms with E-state index in [-0.39, 0.29) is 0 Å². The second-order valence-electron chi connectivity index (χ2n) is 4.86. The highest BCUT2D eigenvalue weighted by Crippen LogP contribution is 2.25. The van der Waals surface area contributed by atoms with Crippen molar-refractivity contribution in [3.8, 4) is 22.3 Å². The van der Waals surface area contributed by atoms with E-state index in [1.807, 2.05) is 36.4 Å². The SMILES string of the molecule is O=Cc1ccc(-c2ccc(-c3ccc(S)cc3)cc2)cc1. The zero-order valence-corrected chi connectivity index (χ0v) is 12.3. The summed E-state index contributed by atoms with van der Waals surface area (Å²) in [5.41, 5.74) is 5.30. The third-order valence-corrected chi connectivity index (χ3v) is 3.76. The highest BCUT2D eigenvalue weighted by Gasteiger charge is 2.00. The molecular weight excluding hydrogens is 276 g/mol. The first-order valence-electron chi connectivity index (χ1n) is 6.71. The van der Waals surface area contributed by atoms with Crippen molar-refractivity contribution in [2.75, 3.05) is 0 Å². The summed E-state index contributed by atoms with van der Waals surface area (Å²) < 4.78 is 0. The number of thiol groups is 1. The zero-order chi connectivity index (χ0) is 14.7. The van der Waals surface area contributed by atoms with Crippen LogP contribution in [0.15, 0.2) is 77.7 Å². The molecule has 3 aromatic rings. The van der Waals surface area contributed by atoms with Crippen LogP contribution >= 0.6 is 12.6 Å². The molecule has 2 heteroatoms. The predicted octanol–water partition coefficient (Wildman–Crippen LogP) is 5.12. The Morgan fingerprint density at radius 2 is 0.905 bits per heavy atom. The molecule has 0 amide bonds. The molecular formula is C19H14OS. The van der Waals surface area contributed by atoms with Gasteiger partial charge in [0.25, 0.3) is 0 Å². The maximum Gasteiger partial charge on any atom is 0.150 e. The first kappa shape index (κ1) is 13.7. The normalized spacial score (nSPS) is 10.3. The Kier molecular flexibility index (Phi) is 3.89. The largest absolute Gasteiger partial charge is 0.298 e. The van der Waals surface area contributed by atoms with Crippen LogP contribution in [0.4, 0.5) is 0 Å². The maximum absolute atomic E-state index is 10.7. The number of hydrogen-bond acceptors (Lipinski definition) is 2. The van der Waals surface area contributed by atoms with Gasteiger partial charge in [0.05, 0.1) is 0 Å². The summed E-state index contributed by atoms with van der Waals surface area (Å²) in [6.45, 7) is 0. The van der Waals surface area contributed by atoms with Crippen LogP contribution in [0, 0.1) is 0 Å². The summed E-state index contributed by atoms with van der Waals surface area (Å²) in [7, 11) is 0. The Morgan fingerprint density at radius 1 is 0.571 bits per heavy atom. The topological polar surface area (TPSA) is 17.1 Å². The minimum Gasteiger partial charge on any atom is -0.298 e. The Labute approximate surface area is 129 Å². The van der Waals surface area contributed by atoms with Crippen LogP contribution in [0.25, 0.3) is 22.3 Å². The van der Waals surface area contributed by atoms with Crippen LogP contribution in [0.5, 0.6) is 0 Å². The van der Waals surface area contributed by atoms with Gasteiger partial charge in [0.1, 0.15) is 6.29 Å². The lowest BCUT2D eigenvalue weighted by Gasteiger charge is -2.05. The van der Waals surface area contributed by atoms with E-state index in [4.69, 9.17) is 0 Å². The fourth-order valence-corrected chi connectivity index (χ4v) is 2.41. The van der Waals surface area contributed by atoms with Crippen molar-refractivity contribution in [3.05, 3.63) is 78.4 Å². The molecule has 1 nitrogen and oxygen atoms in total. The van der Waals surface area contributed by atoms with Crippen molar-refractivity contribution in [3.63, 3.8) is 0 Å². The van der Waals surface area contributed by atoms with Gasteiger partial charge in [-0.1, -0.05) is 60.7 Å². The van der Waals surface area contributed by atoms with Crippen LogP contribution in [-0.2, 0) is 0 Å². The molecule has 3 aromatic carbocycles. The molecule has 0 heterocycles. The molecule has 21 heavy (non-hydrogen) atoms. The number of carbonyl (C=O) groups is 1. The second-order valence-corrected chi connectivity index (χ2v) is 5.38. The summed E-state index contributed by atoms with van der Waals surface area (Å²) in [6.07, 6.45) is 0.859. The van der Waals surface area contributed by atoms with Crippen LogP contribution in [0.2, 0.25) is 0 Å². The van der Waals surface area contributed by atoms with Gasteiger partial charge in [-0.3, -0.25) is 4.79 Å². The number of carbonyl (C=O) groups excluding carboxylic acids is 1. The smallest absolute Gasteiger partial charge is 0.150 e. The lowest BCUT2D eigenvalue weighted by molar-refractivity contribution is 0.112. The average molecular weight is 290 g/mol.